The molecule has 2 aromatic rings. The minimum absolute atomic E-state index is 0.0820. The topological polar surface area (TPSA) is 29.5 Å². The van der Waals surface area contributed by atoms with Crippen molar-refractivity contribution in [1.29, 1.82) is 0 Å². The summed E-state index contributed by atoms with van der Waals surface area (Å²) in [6, 6.07) is 14.2. The molecule has 0 radical (unpaired) electrons. The predicted octanol–water partition coefficient (Wildman–Crippen LogP) is 4.74. The molecule has 132 valence electrons. The molecule has 1 fully saturated rings. The van der Waals surface area contributed by atoms with Crippen LogP contribution in [0.2, 0.25) is 0 Å². The fourth-order valence-corrected chi connectivity index (χ4v) is 3.42. The molecule has 2 aromatic carbocycles. The second-order valence-corrected chi connectivity index (χ2v) is 7.19. The molecule has 1 saturated carbocycles. The number of nitrogens with zero attached hydrogens (tertiary/aromatic N) is 1. The van der Waals surface area contributed by atoms with Gasteiger partial charge in [0.05, 0.1) is 5.41 Å². The van der Waals surface area contributed by atoms with Gasteiger partial charge in [-0.3, -0.25) is 4.79 Å². The Labute approximate surface area is 153 Å². The number of alkyl halides is 2. The molecule has 0 aliphatic heterocycles. The molecule has 0 saturated heterocycles. The molecule has 0 aromatic heterocycles. The van der Waals surface area contributed by atoms with Crippen LogP contribution in [0, 0.1) is 0 Å². The zero-order valence-corrected chi connectivity index (χ0v) is 15.3. The van der Waals surface area contributed by atoms with E-state index in [0.29, 0.717) is 6.54 Å². The van der Waals surface area contributed by atoms with Crippen molar-refractivity contribution in [1.82, 2.24) is 4.90 Å². The number of likely N-dealkylation sites (N-methyl/N-ethyl adjacent to an activating group) is 1. The number of hydrogen-bond acceptors (Lipinski definition) is 2. The van der Waals surface area contributed by atoms with E-state index in [9.17, 15) is 13.6 Å². The van der Waals surface area contributed by atoms with Crippen LogP contribution in [0.1, 0.15) is 24.0 Å². The lowest BCUT2D eigenvalue weighted by molar-refractivity contribution is -0.133. The summed E-state index contributed by atoms with van der Waals surface area (Å²) in [5.41, 5.74) is 1.46. The summed E-state index contributed by atoms with van der Waals surface area (Å²) in [5.74, 6) is 0.194. The standard InChI is InChI=1S/C19H18BrF2NO2/c1-23(12-13-5-7-16(8-6-13)25-18(21)22)17(24)19(9-10-19)14-3-2-4-15(20)11-14/h2-8,11,18H,9-10,12H2,1H3. The van der Waals surface area contributed by atoms with Crippen molar-refractivity contribution in [3.8, 4) is 5.75 Å². The number of amides is 1. The maximum atomic E-state index is 12.9. The van der Waals surface area contributed by atoms with Crippen LogP contribution >= 0.6 is 15.9 Å². The molecule has 1 aliphatic rings. The number of benzene rings is 2. The zero-order valence-electron chi connectivity index (χ0n) is 13.7. The lowest BCUT2D eigenvalue weighted by Gasteiger charge is -2.24. The van der Waals surface area contributed by atoms with Gasteiger partial charge in [-0.15, -0.1) is 0 Å². The fraction of sp³-hybridized carbons (Fsp3) is 0.316. The molecule has 0 bridgehead atoms. The summed E-state index contributed by atoms with van der Waals surface area (Å²) in [6.45, 7) is -2.42. The van der Waals surface area contributed by atoms with Gasteiger partial charge in [-0.2, -0.15) is 8.78 Å². The third-order valence-electron chi connectivity index (χ3n) is 4.45. The molecule has 0 spiro atoms. The molecule has 0 N–H and O–H groups in total. The highest BCUT2D eigenvalue weighted by atomic mass is 79.9. The monoisotopic (exact) mass is 409 g/mol. The van der Waals surface area contributed by atoms with Crippen molar-refractivity contribution in [2.75, 3.05) is 7.05 Å². The highest BCUT2D eigenvalue weighted by Crippen LogP contribution is 2.50. The summed E-state index contributed by atoms with van der Waals surface area (Å²) in [7, 11) is 1.77. The Morgan fingerprint density at radius 2 is 1.92 bits per heavy atom. The maximum Gasteiger partial charge on any atom is 0.387 e. The first-order chi connectivity index (χ1) is 11.9. The van der Waals surface area contributed by atoms with E-state index in [1.54, 1.807) is 24.1 Å². The van der Waals surface area contributed by atoms with Gasteiger partial charge in [0.25, 0.3) is 0 Å². The van der Waals surface area contributed by atoms with Crippen LogP contribution in [0.3, 0.4) is 0 Å². The highest BCUT2D eigenvalue weighted by Gasteiger charge is 2.52. The summed E-state index contributed by atoms with van der Waals surface area (Å²) in [6.07, 6.45) is 1.68. The first-order valence-corrected chi connectivity index (χ1v) is 8.75. The van der Waals surface area contributed by atoms with Crippen molar-refractivity contribution in [3.05, 3.63) is 64.1 Å². The molecule has 1 aliphatic carbocycles. The first-order valence-electron chi connectivity index (χ1n) is 7.96. The van der Waals surface area contributed by atoms with Gasteiger partial charge in [0.1, 0.15) is 5.75 Å². The Kier molecular flexibility index (Phi) is 5.08. The number of carbonyl (C=O) groups is 1. The molecule has 25 heavy (non-hydrogen) atoms. The Balaban J connectivity index is 1.69. The molecule has 0 heterocycles. The summed E-state index contributed by atoms with van der Waals surface area (Å²) < 4.78 is 29.7. The minimum atomic E-state index is -2.84. The van der Waals surface area contributed by atoms with Gasteiger partial charge in [0, 0.05) is 18.1 Å². The van der Waals surface area contributed by atoms with Crippen LogP contribution in [0.25, 0.3) is 0 Å². The highest BCUT2D eigenvalue weighted by molar-refractivity contribution is 9.10. The van der Waals surface area contributed by atoms with Gasteiger partial charge in [0.15, 0.2) is 0 Å². The maximum absolute atomic E-state index is 12.9. The van der Waals surface area contributed by atoms with Gasteiger partial charge in [-0.1, -0.05) is 40.2 Å². The quantitative estimate of drug-likeness (QED) is 0.689. The molecule has 3 rings (SSSR count). The van der Waals surface area contributed by atoms with Gasteiger partial charge in [-0.05, 0) is 48.2 Å². The van der Waals surface area contributed by atoms with E-state index in [0.717, 1.165) is 28.4 Å². The smallest absolute Gasteiger partial charge is 0.387 e. The van der Waals surface area contributed by atoms with E-state index in [2.05, 4.69) is 20.7 Å². The van der Waals surface area contributed by atoms with Crippen molar-refractivity contribution in [3.63, 3.8) is 0 Å². The fourth-order valence-electron chi connectivity index (χ4n) is 3.02. The lowest BCUT2D eigenvalue weighted by Crippen LogP contribution is -2.36. The van der Waals surface area contributed by atoms with E-state index < -0.39 is 12.0 Å². The molecule has 1 amide bonds. The van der Waals surface area contributed by atoms with Gasteiger partial charge in [0.2, 0.25) is 5.91 Å². The Morgan fingerprint density at radius 3 is 2.48 bits per heavy atom. The van der Waals surface area contributed by atoms with Crippen LogP contribution in [0.4, 0.5) is 8.78 Å². The van der Waals surface area contributed by atoms with E-state index in [4.69, 9.17) is 0 Å². The van der Waals surface area contributed by atoms with E-state index in [1.165, 1.54) is 12.1 Å². The first kappa shape index (κ1) is 17.9. The van der Waals surface area contributed by atoms with Gasteiger partial charge in [-0.25, -0.2) is 0 Å². The van der Waals surface area contributed by atoms with Crippen LogP contribution in [0.5, 0.6) is 5.75 Å². The van der Waals surface area contributed by atoms with E-state index in [-0.39, 0.29) is 11.7 Å². The zero-order chi connectivity index (χ0) is 18.0. The Bertz CT molecular complexity index is 760. The normalized spacial score (nSPS) is 15.1. The molecule has 0 unspecified atom stereocenters. The molecule has 3 nitrogen and oxygen atoms in total. The van der Waals surface area contributed by atoms with Crippen LogP contribution in [-0.2, 0) is 16.8 Å². The summed E-state index contributed by atoms with van der Waals surface area (Å²) in [4.78, 5) is 14.6. The average molecular weight is 410 g/mol. The van der Waals surface area contributed by atoms with E-state index >= 15 is 0 Å². The average Bonchev–Trinajstić information content (AvgIpc) is 3.37. The summed E-state index contributed by atoms with van der Waals surface area (Å²) in [5, 5.41) is 0. The Hall–Kier alpha value is -1.95. The van der Waals surface area contributed by atoms with Crippen molar-refractivity contribution in [2.24, 2.45) is 0 Å². The second-order valence-electron chi connectivity index (χ2n) is 6.28. The number of hydrogen-bond donors (Lipinski definition) is 0. The number of halogens is 3. The second kappa shape index (κ2) is 7.12. The Morgan fingerprint density at radius 1 is 1.24 bits per heavy atom. The predicted molar refractivity (Wildman–Crippen MR) is 94.6 cm³/mol. The third-order valence-corrected chi connectivity index (χ3v) is 4.94. The minimum Gasteiger partial charge on any atom is -0.435 e. The van der Waals surface area contributed by atoms with Crippen molar-refractivity contribution < 1.29 is 18.3 Å². The van der Waals surface area contributed by atoms with Crippen LogP contribution in [-0.4, -0.2) is 24.5 Å². The lowest BCUT2D eigenvalue weighted by atomic mass is 9.94. The number of ether oxygens (including phenoxy) is 1. The molecule has 0 atom stereocenters. The van der Waals surface area contributed by atoms with Gasteiger partial charge < -0.3 is 9.64 Å². The van der Waals surface area contributed by atoms with Crippen LogP contribution in [0.15, 0.2) is 53.0 Å². The SMILES string of the molecule is CN(Cc1ccc(OC(F)F)cc1)C(=O)C1(c2cccc(Br)c2)CC1. The summed E-state index contributed by atoms with van der Waals surface area (Å²) >= 11 is 3.46. The third kappa shape index (κ3) is 4.00. The molecule has 6 heteroatoms. The van der Waals surface area contributed by atoms with E-state index in [1.807, 2.05) is 24.3 Å². The molecular weight excluding hydrogens is 392 g/mol. The van der Waals surface area contributed by atoms with Gasteiger partial charge >= 0.3 is 6.61 Å². The molecular formula is C19H18BrF2NO2. The van der Waals surface area contributed by atoms with Crippen molar-refractivity contribution >= 4 is 21.8 Å². The number of carbonyl (C=O) groups excluding carboxylic acids is 1. The largest absolute Gasteiger partial charge is 0.435 e. The number of rotatable bonds is 6. The van der Waals surface area contributed by atoms with Crippen LogP contribution < -0.4 is 4.74 Å². The van der Waals surface area contributed by atoms with Crippen molar-refractivity contribution in [2.45, 2.75) is 31.4 Å².